The Hall–Kier alpha value is -5.66. The van der Waals surface area contributed by atoms with Crippen LogP contribution in [-0.4, -0.2) is 4.57 Å². The number of aromatic nitrogens is 1. The van der Waals surface area contributed by atoms with Crippen LogP contribution in [0.2, 0.25) is 0 Å². The van der Waals surface area contributed by atoms with Gasteiger partial charge in [-0.05, 0) is 87.3 Å². The van der Waals surface area contributed by atoms with Crippen LogP contribution >= 0.6 is 0 Å². The Balaban J connectivity index is 1.25. The zero-order valence-electron chi connectivity index (χ0n) is 24.6. The van der Waals surface area contributed by atoms with Crippen molar-refractivity contribution in [3.8, 4) is 50.2 Å². The molecule has 0 spiro atoms. The van der Waals surface area contributed by atoms with E-state index in [0.717, 1.165) is 5.69 Å². The van der Waals surface area contributed by atoms with Crippen LogP contribution in [0, 0.1) is 6.92 Å². The lowest BCUT2D eigenvalue weighted by molar-refractivity contribution is 1.18. The molecule has 0 aliphatic heterocycles. The number of benzene rings is 7. The molecule has 0 radical (unpaired) electrons. The van der Waals surface area contributed by atoms with Crippen molar-refractivity contribution in [3.05, 3.63) is 175 Å². The lowest BCUT2D eigenvalue weighted by Gasteiger charge is -2.14. The van der Waals surface area contributed by atoms with Gasteiger partial charge in [0.05, 0.1) is 11.0 Å². The minimum absolute atomic E-state index is 1.16. The molecular weight excluding hydrogens is 530 g/mol. The molecule has 0 atom stereocenters. The summed E-state index contributed by atoms with van der Waals surface area (Å²) in [5.41, 5.74) is 14.7. The minimum Gasteiger partial charge on any atom is -0.309 e. The molecule has 0 unspecified atom stereocenters. The minimum atomic E-state index is 1.16. The van der Waals surface area contributed by atoms with Gasteiger partial charge in [0.15, 0.2) is 0 Å². The molecule has 8 rings (SSSR count). The fourth-order valence-electron chi connectivity index (χ4n) is 6.57. The Morgan fingerprint density at radius 3 is 1.68 bits per heavy atom. The Morgan fingerprint density at radius 1 is 0.341 bits per heavy atom. The highest BCUT2D eigenvalue weighted by Crippen LogP contribution is 2.39. The zero-order chi connectivity index (χ0) is 29.5. The average Bonchev–Trinajstić information content (AvgIpc) is 3.43. The third-order valence-corrected chi connectivity index (χ3v) is 8.78. The van der Waals surface area contributed by atoms with E-state index >= 15 is 0 Å². The number of nitrogens with zero attached hydrogens (tertiary/aromatic N) is 1. The third kappa shape index (κ3) is 4.51. The van der Waals surface area contributed by atoms with E-state index in [1.165, 1.54) is 71.9 Å². The molecule has 0 saturated carbocycles. The molecule has 44 heavy (non-hydrogen) atoms. The standard InChI is InChI=1S/C43H31N/c1-30-12-5-6-17-37(30)39-19-8-7-18-38(39)35-24-27-41-40-20-9-10-21-42(40)44(43(41)29-35)36-25-22-32(23-26-36)34-16-11-15-33(28-34)31-13-3-2-4-14-31/h2-29H,1H3. The smallest absolute Gasteiger partial charge is 0.0547 e. The van der Waals surface area contributed by atoms with Gasteiger partial charge in [-0.1, -0.05) is 140 Å². The molecule has 0 N–H and O–H groups in total. The fourth-order valence-corrected chi connectivity index (χ4v) is 6.57. The molecule has 8 aromatic rings. The summed E-state index contributed by atoms with van der Waals surface area (Å²) in [4.78, 5) is 0. The summed E-state index contributed by atoms with van der Waals surface area (Å²) in [6, 6.07) is 61.5. The highest BCUT2D eigenvalue weighted by Gasteiger charge is 2.15. The van der Waals surface area contributed by atoms with Gasteiger partial charge in [0.1, 0.15) is 0 Å². The molecule has 0 aliphatic carbocycles. The van der Waals surface area contributed by atoms with Crippen LogP contribution in [0.1, 0.15) is 5.56 Å². The van der Waals surface area contributed by atoms with Crippen molar-refractivity contribution in [1.82, 2.24) is 4.57 Å². The van der Waals surface area contributed by atoms with E-state index in [9.17, 15) is 0 Å². The van der Waals surface area contributed by atoms with E-state index in [4.69, 9.17) is 0 Å². The van der Waals surface area contributed by atoms with Crippen molar-refractivity contribution in [3.63, 3.8) is 0 Å². The number of fused-ring (bicyclic) bond motifs is 3. The van der Waals surface area contributed by atoms with E-state index in [1.54, 1.807) is 0 Å². The van der Waals surface area contributed by atoms with Crippen molar-refractivity contribution >= 4 is 21.8 Å². The molecule has 0 bridgehead atoms. The van der Waals surface area contributed by atoms with Crippen LogP contribution < -0.4 is 0 Å². The van der Waals surface area contributed by atoms with E-state index in [1.807, 2.05) is 0 Å². The summed E-state index contributed by atoms with van der Waals surface area (Å²) in [5, 5.41) is 2.53. The van der Waals surface area contributed by atoms with Crippen molar-refractivity contribution in [2.24, 2.45) is 0 Å². The summed E-state index contributed by atoms with van der Waals surface area (Å²) < 4.78 is 2.41. The second-order valence-electron chi connectivity index (χ2n) is 11.4. The lowest BCUT2D eigenvalue weighted by atomic mass is 9.92. The predicted molar refractivity (Wildman–Crippen MR) is 187 cm³/mol. The SMILES string of the molecule is Cc1ccccc1-c1ccccc1-c1ccc2c3ccccc3n(-c3ccc(-c4cccc(-c5ccccc5)c4)cc3)c2c1. The van der Waals surface area contributed by atoms with E-state index < -0.39 is 0 Å². The third-order valence-electron chi connectivity index (χ3n) is 8.78. The second kappa shape index (κ2) is 10.9. The Labute approximate surface area is 258 Å². The lowest BCUT2D eigenvalue weighted by Crippen LogP contribution is -1.94. The molecule has 7 aromatic carbocycles. The Bertz CT molecular complexity index is 2270. The molecule has 1 heterocycles. The molecule has 0 aliphatic rings. The highest BCUT2D eigenvalue weighted by atomic mass is 15.0. The molecule has 1 nitrogen and oxygen atoms in total. The highest BCUT2D eigenvalue weighted by molar-refractivity contribution is 6.10. The molecule has 1 heteroatoms. The molecule has 0 saturated heterocycles. The molecule has 208 valence electrons. The summed E-state index contributed by atoms with van der Waals surface area (Å²) in [6.45, 7) is 2.19. The number of aryl methyl sites for hydroxylation is 1. The van der Waals surface area contributed by atoms with Crippen molar-refractivity contribution in [1.29, 1.82) is 0 Å². The first-order valence-electron chi connectivity index (χ1n) is 15.2. The number of para-hydroxylation sites is 1. The zero-order valence-corrected chi connectivity index (χ0v) is 24.6. The van der Waals surface area contributed by atoms with E-state index in [2.05, 4.69) is 181 Å². The topological polar surface area (TPSA) is 4.93 Å². The maximum absolute atomic E-state index is 2.41. The van der Waals surface area contributed by atoms with Gasteiger partial charge in [-0.3, -0.25) is 0 Å². The van der Waals surface area contributed by atoms with E-state index in [-0.39, 0.29) is 0 Å². The van der Waals surface area contributed by atoms with Gasteiger partial charge in [-0.25, -0.2) is 0 Å². The molecule has 1 aromatic heterocycles. The summed E-state index contributed by atoms with van der Waals surface area (Å²) in [6.07, 6.45) is 0. The first-order chi connectivity index (χ1) is 21.7. The fraction of sp³-hybridized carbons (Fsp3) is 0.0233. The normalized spacial score (nSPS) is 11.3. The first-order valence-corrected chi connectivity index (χ1v) is 15.2. The number of hydrogen-bond donors (Lipinski definition) is 0. The number of hydrogen-bond acceptors (Lipinski definition) is 0. The average molecular weight is 562 g/mol. The Morgan fingerprint density at radius 2 is 0.909 bits per heavy atom. The quantitative estimate of drug-likeness (QED) is 0.197. The maximum atomic E-state index is 2.41. The molecule has 0 amide bonds. The monoisotopic (exact) mass is 561 g/mol. The van der Waals surface area contributed by atoms with Gasteiger partial charge >= 0.3 is 0 Å². The van der Waals surface area contributed by atoms with Crippen molar-refractivity contribution < 1.29 is 0 Å². The van der Waals surface area contributed by atoms with Gasteiger partial charge < -0.3 is 4.57 Å². The van der Waals surface area contributed by atoms with Gasteiger partial charge in [-0.15, -0.1) is 0 Å². The summed E-state index contributed by atoms with van der Waals surface area (Å²) >= 11 is 0. The van der Waals surface area contributed by atoms with Crippen LogP contribution in [0.3, 0.4) is 0 Å². The second-order valence-corrected chi connectivity index (χ2v) is 11.4. The van der Waals surface area contributed by atoms with Crippen LogP contribution in [0.5, 0.6) is 0 Å². The van der Waals surface area contributed by atoms with Gasteiger partial charge in [-0.2, -0.15) is 0 Å². The first kappa shape index (κ1) is 26.0. The summed E-state index contributed by atoms with van der Waals surface area (Å²) in [5.74, 6) is 0. The predicted octanol–water partition coefficient (Wildman–Crippen LogP) is 11.8. The Kier molecular flexibility index (Phi) is 6.43. The maximum Gasteiger partial charge on any atom is 0.0547 e. The van der Waals surface area contributed by atoms with Crippen molar-refractivity contribution in [2.75, 3.05) is 0 Å². The van der Waals surface area contributed by atoms with Gasteiger partial charge in [0, 0.05) is 16.5 Å². The van der Waals surface area contributed by atoms with Crippen LogP contribution in [0.25, 0.3) is 72.0 Å². The van der Waals surface area contributed by atoms with Gasteiger partial charge in [0.25, 0.3) is 0 Å². The van der Waals surface area contributed by atoms with Gasteiger partial charge in [0.2, 0.25) is 0 Å². The van der Waals surface area contributed by atoms with Crippen LogP contribution in [0.15, 0.2) is 170 Å². The van der Waals surface area contributed by atoms with Crippen LogP contribution in [-0.2, 0) is 0 Å². The molecule has 0 fully saturated rings. The van der Waals surface area contributed by atoms with Crippen molar-refractivity contribution in [2.45, 2.75) is 6.92 Å². The van der Waals surface area contributed by atoms with Crippen LogP contribution in [0.4, 0.5) is 0 Å². The van der Waals surface area contributed by atoms with E-state index in [0.29, 0.717) is 0 Å². The largest absolute Gasteiger partial charge is 0.309 e. The summed E-state index contributed by atoms with van der Waals surface area (Å²) in [7, 11) is 0. The molecular formula is C43H31N. The number of rotatable bonds is 5.